The first-order valence-corrected chi connectivity index (χ1v) is 7.35. The van der Waals surface area contributed by atoms with Gasteiger partial charge in [0.2, 0.25) is 0 Å². The summed E-state index contributed by atoms with van der Waals surface area (Å²) in [6.07, 6.45) is 1.21. The van der Waals surface area contributed by atoms with Gasteiger partial charge < -0.3 is 10.1 Å². The molecule has 0 heterocycles. The number of amides is 1. The number of hydrogen-bond donors (Lipinski definition) is 1. The van der Waals surface area contributed by atoms with Gasteiger partial charge in [0.25, 0.3) is 5.91 Å². The number of anilines is 1. The number of nitrogens with zero attached hydrogens (tertiary/aromatic N) is 1. The summed E-state index contributed by atoms with van der Waals surface area (Å²) in [6.45, 7) is 0. The molecule has 2 aromatic carbocycles. The van der Waals surface area contributed by atoms with E-state index in [2.05, 4.69) is 21.2 Å². The first-order valence-electron chi connectivity index (χ1n) is 6.55. The summed E-state index contributed by atoms with van der Waals surface area (Å²) in [5, 5.41) is 11.7. The third-order valence-electron chi connectivity index (χ3n) is 2.98. The Morgan fingerprint density at radius 3 is 2.57 bits per heavy atom. The molecule has 0 saturated heterocycles. The molecule has 0 aliphatic carbocycles. The van der Waals surface area contributed by atoms with Gasteiger partial charge in [-0.05, 0) is 42.5 Å². The first-order chi connectivity index (χ1) is 11.0. The molecular formula is C17H12BrFN2O2. The molecule has 6 heteroatoms. The molecule has 2 aromatic rings. The Morgan fingerprint density at radius 1 is 1.30 bits per heavy atom. The Morgan fingerprint density at radius 2 is 2.00 bits per heavy atom. The molecule has 4 nitrogen and oxygen atoms in total. The van der Waals surface area contributed by atoms with E-state index < -0.39 is 11.7 Å². The van der Waals surface area contributed by atoms with Crippen LogP contribution in [0.3, 0.4) is 0 Å². The number of halogens is 2. The average Bonchev–Trinajstić information content (AvgIpc) is 2.54. The molecule has 0 aliphatic rings. The molecule has 0 unspecified atom stereocenters. The lowest BCUT2D eigenvalue weighted by Gasteiger charge is -2.06. The molecule has 1 amide bonds. The molecule has 0 fully saturated rings. The molecule has 0 saturated carbocycles. The van der Waals surface area contributed by atoms with Crippen LogP contribution in [0.5, 0.6) is 5.75 Å². The van der Waals surface area contributed by atoms with Crippen molar-refractivity contribution in [3.63, 3.8) is 0 Å². The number of benzene rings is 2. The van der Waals surface area contributed by atoms with Crippen molar-refractivity contribution in [3.05, 3.63) is 63.9 Å². The van der Waals surface area contributed by atoms with Crippen molar-refractivity contribution in [2.45, 2.75) is 0 Å². The second-order valence-corrected chi connectivity index (χ2v) is 5.43. The predicted octanol–water partition coefficient (Wildman–Crippen LogP) is 4.14. The van der Waals surface area contributed by atoms with E-state index in [9.17, 15) is 9.18 Å². The molecule has 0 spiro atoms. The zero-order valence-corrected chi connectivity index (χ0v) is 13.7. The first kappa shape index (κ1) is 16.7. The average molecular weight is 375 g/mol. The van der Waals surface area contributed by atoms with E-state index in [0.29, 0.717) is 15.9 Å². The molecule has 0 atom stereocenters. The highest BCUT2D eigenvalue weighted by atomic mass is 79.9. The van der Waals surface area contributed by atoms with Crippen LogP contribution in [0.15, 0.2) is 52.5 Å². The smallest absolute Gasteiger partial charge is 0.266 e. The number of nitrogens with one attached hydrogen (secondary N) is 1. The molecular weight excluding hydrogens is 363 g/mol. The number of carbonyl (C=O) groups is 1. The molecule has 0 bridgehead atoms. The minimum absolute atomic E-state index is 0.162. The van der Waals surface area contributed by atoms with Gasteiger partial charge in [0.05, 0.1) is 7.11 Å². The zero-order valence-electron chi connectivity index (χ0n) is 12.1. The van der Waals surface area contributed by atoms with E-state index in [1.54, 1.807) is 36.4 Å². The second kappa shape index (κ2) is 7.56. The van der Waals surface area contributed by atoms with E-state index in [-0.39, 0.29) is 11.1 Å². The molecule has 23 heavy (non-hydrogen) atoms. The number of ether oxygens (including phenoxy) is 1. The lowest BCUT2D eigenvalue weighted by Crippen LogP contribution is -2.13. The standard InChI is InChI=1S/C17H12BrFN2O2/c1-23-15-6-4-14(5-7-15)21-17(22)12(10-20)8-11-2-3-13(18)9-16(11)19/h2-9H,1H3,(H,21,22)/b12-8+. The van der Waals surface area contributed by atoms with Gasteiger partial charge in [0.15, 0.2) is 0 Å². The Balaban J connectivity index is 2.20. The topological polar surface area (TPSA) is 62.1 Å². The van der Waals surface area contributed by atoms with E-state index in [0.717, 1.165) is 0 Å². The van der Waals surface area contributed by atoms with Crippen LogP contribution < -0.4 is 10.1 Å². The largest absolute Gasteiger partial charge is 0.497 e. The minimum Gasteiger partial charge on any atom is -0.497 e. The van der Waals surface area contributed by atoms with Gasteiger partial charge in [-0.15, -0.1) is 0 Å². The van der Waals surface area contributed by atoms with Gasteiger partial charge in [-0.3, -0.25) is 4.79 Å². The van der Waals surface area contributed by atoms with Crippen LogP contribution in [-0.2, 0) is 4.79 Å². The normalized spacial score (nSPS) is 10.8. The van der Waals surface area contributed by atoms with Crippen LogP contribution in [-0.4, -0.2) is 13.0 Å². The summed E-state index contributed by atoms with van der Waals surface area (Å²) >= 11 is 3.15. The molecule has 0 aromatic heterocycles. The quantitative estimate of drug-likeness (QED) is 0.645. The van der Waals surface area contributed by atoms with Crippen LogP contribution in [0.4, 0.5) is 10.1 Å². The van der Waals surface area contributed by atoms with Crippen molar-refractivity contribution in [2.75, 3.05) is 12.4 Å². The summed E-state index contributed by atoms with van der Waals surface area (Å²) in [5.41, 5.74) is 0.477. The van der Waals surface area contributed by atoms with Crippen molar-refractivity contribution in [1.82, 2.24) is 0 Å². The highest BCUT2D eigenvalue weighted by Gasteiger charge is 2.11. The summed E-state index contributed by atoms with van der Waals surface area (Å²) < 4.78 is 19.4. The molecule has 2 rings (SSSR count). The van der Waals surface area contributed by atoms with Crippen molar-refractivity contribution in [1.29, 1.82) is 5.26 Å². The Hall–Kier alpha value is -2.65. The molecule has 0 radical (unpaired) electrons. The lowest BCUT2D eigenvalue weighted by molar-refractivity contribution is -0.112. The van der Waals surface area contributed by atoms with E-state index in [1.807, 2.05) is 0 Å². The maximum absolute atomic E-state index is 13.8. The zero-order chi connectivity index (χ0) is 16.8. The van der Waals surface area contributed by atoms with Crippen LogP contribution in [0.25, 0.3) is 6.08 Å². The fourth-order valence-corrected chi connectivity index (χ4v) is 2.13. The maximum atomic E-state index is 13.8. The van der Waals surface area contributed by atoms with E-state index in [4.69, 9.17) is 10.00 Å². The van der Waals surface area contributed by atoms with Gasteiger partial charge in [-0.1, -0.05) is 22.0 Å². The van der Waals surface area contributed by atoms with Crippen molar-refractivity contribution in [3.8, 4) is 11.8 Å². The Labute approximate surface area is 141 Å². The monoisotopic (exact) mass is 374 g/mol. The van der Waals surface area contributed by atoms with Gasteiger partial charge in [-0.25, -0.2) is 4.39 Å². The number of nitriles is 1. The van der Waals surface area contributed by atoms with E-state index >= 15 is 0 Å². The lowest BCUT2D eigenvalue weighted by atomic mass is 10.1. The van der Waals surface area contributed by atoms with E-state index in [1.165, 1.54) is 25.3 Å². The van der Waals surface area contributed by atoms with Gasteiger partial charge in [-0.2, -0.15) is 5.26 Å². The highest BCUT2D eigenvalue weighted by molar-refractivity contribution is 9.10. The fourth-order valence-electron chi connectivity index (χ4n) is 1.80. The predicted molar refractivity (Wildman–Crippen MR) is 89.3 cm³/mol. The van der Waals surface area contributed by atoms with Gasteiger partial charge >= 0.3 is 0 Å². The van der Waals surface area contributed by atoms with Crippen molar-refractivity contribution >= 4 is 33.6 Å². The second-order valence-electron chi connectivity index (χ2n) is 4.52. The third-order valence-corrected chi connectivity index (χ3v) is 3.47. The van der Waals surface area contributed by atoms with Crippen molar-refractivity contribution < 1.29 is 13.9 Å². The molecule has 116 valence electrons. The number of carbonyl (C=O) groups excluding carboxylic acids is 1. The maximum Gasteiger partial charge on any atom is 0.266 e. The number of rotatable bonds is 4. The fraction of sp³-hybridized carbons (Fsp3) is 0.0588. The highest BCUT2D eigenvalue weighted by Crippen LogP contribution is 2.19. The minimum atomic E-state index is -0.611. The Kier molecular flexibility index (Phi) is 5.50. The molecule has 1 N–H and O–H groups in total. The molecule has 0 aliphatic heterocycles. The number of hydrogen-bond acceptors (Lipinski definition) is 3. The van der Waals surface area contributed by atoms with Crippen LogP contribution in [0.1, 0.15) is 5.56 Å². The number of methoxy groups -OCH3 is 1. The van der Waals surface area contributed by atoms with Crippen LogP contribution in [0.2, 0.25) is 0 Å². The summed E-state index contributed by atoms with van der Waals surface area (Å²) in [7, 11) is 1.54. The third kappa shape index (κ3) is 4.41. The van der Waals surface area contributed by atoms with Crippen LogP contribution in [0, 0.1) is 17.1 Å². The van der Waals surface area contributed by atoms with Crippen LogP contribution >= 0.6 is 15.9 Å². The summed E-state index contributed by atoms with van der Waals surface area (Å²) in [6, 6.07) is 12.8. The SMILES string of the molecule is COc1ccc(NC(=O)/C(C#N)=C/c2ccc(Br)cc2F)cc1. The summed E-state index contributed by atoms with van der Waals surface area (Å²) in [5.74, 6) is -0.486. The Bertz CT molecular complexity index is 795. The van der Waals surface area contributed by atoms with Crippen molar-refractivity contribution in [2.24, 2.45) is 0 Å². The summed E-state index contributed by atoms with van der Waals surface area (Å²) in [4.78, 5) is 12.1. The van der Waals surface area contributed by atoms with Gasteiger partial charge in [0.1, 0.15) is 23.2 Å². The van der Waals surface area contributed by atoms with Gasteiger partial charge in [0, 0.05) is 15.7 Å².